The fourth-order valence-electron chi connectivity index (χ4n) is 2.11. The maximum atomic E-state index is 11.1. The monoisotopic (exact) mass is 240 g/mol. The van der Waals surface area contributed by atoms with Crippen molar-refractivity contribution in [3.8, 4) is 0 Å². The largest absolute Gasteiger partial charge is 0.418 e. The van der Waals surface area contributed by atoms with Crippen molar-refractivity contribution in [1.29, 1.82) is 0 Å². The maximum absolute atomic E-state index is 11.1. The van der Waals surface area contributed by atoms with Crippen molar-refractivity contribution >= 4 is 0 Å². The van der Waals surface area contributed by atoms with Crippen LogP contribution in [0.25, 0.3) is 0 Å². The van der Waals surface area contributed by atoms with Gasteiger partial charge in [-0.2, -0.15) is 0 Å². The summed E-state index contributed by atoms with van der Waals surface area (Å²) in [6.45, 7) is 4.40. The minimum Gasteiger partial charge on any atom is -0.416 e. The first-order valence-electron chi connectivity index (χ1n) is 6.28. The molecule has 1 aromatic rings. The second-order valence-electron chi connectivity index (χ2n) is 4.50. The van der Waals surface area contributed by atoms with Gasteiger partial charge in [0.2, 0.25) is 0 Å². The molecule has 1 unspecified atom stereocenters. The zero-order valence-corrected chi connectivity index (χ0v) is 10.1. The van der Waals surface area contributed by atoms with Crippen LogP contribution in [0, 0.1) is 5.92 Å². The van der Waals surface area contributed by atoms with Crippen molar-refractivity contribution in [2.24, 2.45) is 5.92 Å². The Hall–Kier alpha value is -1.07. The summed E-state index contributed by atoms with van der Waals surface area (Å²) in [6.07, 6.45) is 6.43. The average molecular weight is 240 g/mol. The topological polar surface area (TPSA) is 56.4 Å². The molecule has 1 aromatic heterocycles. The molecule has 2 heterocycles. The molecule has 1 fully saturated rings. The summed E-state index contributed by atoms with van der Waals surface area (Å²) in [4.78, 5) is 11.1. The molecule has 5 heteroatoms. The van der Waals surface area contributed by atoms with E-state index >= 15 is 0 Å². The summed E-state index contributed by atoms with van der Waals surface area (Å²) in [6, 6.07) is 0. The number of nitrogens with one attached hydrogen (secondary N) is 1. The van der Waals surface area contributed by atoms with Crippen LogP contribution in [0.3, 0.4) is 0 Å². The molecular formula is C12H20N2O3. The van der Waals surface area contributed by atoms with Crippen LogP contribution in [0.4, 0.5) is 0 Å². The van der Waals surface area contributed by atoms with Crippen molar-refractivity contribution in [1.82, 2.24) is 9.88 Å². The number of nitrogens with zero attached hydrogens (tertiary/aromatic N) is 1. The molecule has 2 rings (SSSR count). The Morgan fingerprint density at radius 2 is 2.53 bits per heavy atom. The van der Waals surface area contributed by atoms with Gasteiger partial charge in [0.15, 0.2) is 0 Å². The first-order valence-corrected chi connectivity index (χ1v) is 6.28. The minimum atomic E-state index is -0.290. The Kier molecular flexibility index (Phi) is 4.82. The molecule has 1 atom stereocenters. The lowest BCUT2D eigenvalue weighted by atomic mass is 10.0. The van der Waals surface area contributed by atoms with Gasteiger partial charge in [-0.1, -0.05) is 0 Å². The van der Waals surface area contributed by atoms with Gasteiger partial charge in [-0.15, -0.1) is 0 Å². The molecule has 1 aliphatic rings. The van der Waals surface area contributed by atoms with E-state index in [2.05, 4.69) is 9.73 Å². The summed E-state index contributed by atoms with van der Waals surface area (Å²) < 4.78 is 11.9. The first kappa shape index (κ1) is 12.4. The number of piperidine rings is 1. The number of ether oxygens (including phenoxy) is 1. The number of hydrogen-bond acceptors (Lipinski definition) is 4. The van der Waals surface area contributed by atoms with E-state index in [1.165, 1.54) is 19.1 Å². The van der Waals surface area contributed by atoms with E-state index < -0.39 is 0 Å². The highest BCUT2D eigenvalue weighted by Crippen LogP contribution is 2.09. The predicted molar refractivity (Wildman–Crippen MR) is 64.0 cm³/mol. The third kappa shape index (κ3) is 4.02. The van der Waals surface area contributed by atoms with Gasteiger partial charge in [0.05, 0.1) is 6.61 Å². The fraction of sp³-hybridized carbons (Fsp3) is 0.750. The molecule has 5 nitrogen and oxygen atoms in total. The van der Waals surface area contributed by atoms with Crippen LogP contribution in [0.2, 0.25) is 0 Å². The van der Waals surface area contributed by atoms with Gasteiger partial charge in [-0.25, -0.2) is 4.79 Å². The van der Waals surface area contributed by atoms with Gasteiger partial charge in [0, 0.05) is 25.9 Å². The van der Waals surface area contributed by atoms with Gasteiger partial charge in [0.1, 0.15) is 6.26 Å². The van der Waals surface area contributed by atoms with Crippen LogP contribution in [0.15, 0.2) is 21.7 Å². The van der Waals surface area contributed by atoms with Gasteiger partial charge in [0.25, 0.3) is 0 Å². The molecule has 1 aliphatic heterocycles. The van der Waals surface area contributed by atoms with Crippen molar-refractivity contribution in [2.45, 2.75) is 25.8 Å². The van der Waals surface area contributed by atoms with Gasteiger partial charge in [-0.3, -0.25) is 4.57 Å². The number of hydrogen-bond donors (Lipinski definition) is 1. The average Bonchev–Trinajstić information content (AvgIpc) is 2.76. The number of rotatable bonds is 6. The van der Waals surface area contributed by atoms with Gasteiger partial charge < -0.3 is 14.5 Å². The van der Waals surface area contributed by atoms with Crippen LogP contribution in [0.5, 0.6) is 0 Å². The summed E-state index contributed by atoms with van der Waals surface area (Å²) in [5, 5.41) is 3.37. The molecule has 17 heavy (non-hydrogen) atoms. The third-order valence-electron chi connectivity index (χ3n) is 3.08. The highest BCUT2D eigenvalue weighted by atomic mass is 16.5. The summed E-state index contributed by atoms with van der Waals surface area (Å²) in [7, 11) is 0. The zero-order valence-electron chi connectivity index (χ0n) is 10.1. The third-order valence-corrected chi connectivity index (χ3v) is 3.08. The highest BCUT2D eigenvalue weighted by molar-refractivity contribution is 4.70. The molecule has 0 radical (unpaired) electrons. The Labute approximate surface area is 101 Å². The Morgan fingerprint density at radius 1 is 1.59 bits per heavy atom. The molecule has 0 aliphatic carbocycles. The van der Waals surface area contributed by atoms with Crippen molar-refractivity contribution < 1.29 is 9.15 Å². The summed E-state index contributed by atoms with van der Waals surface area (Å²) >= 11 is 0. The maximum Gasteiger partial charge on any atom is 0.418 e. The molecule has 0 saturated carbocycles. The normalized spacial score (nSPS) is 20.6. The molecule has 0 amide bonds. The summed E-state index contributed by atoms with van der Waals surface area (Å²) in [5.74, 6) is 0.363. The SMILES string of the molecule is O=c1occn1CCCOCC1CCCNC1. The number of aromatic nitrogens is 1. The lowest BCUT2D eigenvalue weighted by molar-refractivity contribution is 0.0859. The van der Waals surface area contributed by atoms with E-state index in [0.717, 1.165) is 26.1 Å². The van der Waals surface area contributed by atoms with E-state index in [9.17, 15) is 4.79 Å². The lowest BCUT2D eigenvalue weighted by Gasteiger charge is -2.22. The molecule has 0 bridgehead atoms. The highest BCUT2D eigenvalue weighted by Gasteiger charge is 2.12. The molecule has 1 saturated heterocycles. The van der Waals surface area contributed by atoms with Crippen molar-refractivity contribution in [3.05, 3.63) is 23.0 Å². The van der Waals surface area contributed by atoms with Crippen LogP contribution in [-0.2, 0) is 11.3 Å². The van der Waals surface area contributed by atoms with Crippen molar-refractivity contribution in [3.63, 3.8) is 0 Å². The van der Waals surface area contributed by atoms with E-state index in [0.29, 0.717) is 19.1 Å². The molecule has 0 spiro atoms. The zero-order chi connectivity index (χ0) is 11.9. The quantitative estimate of drug-likeness (QED) is 0.749. The second-order valence-corrected chi connectivity index (χ2v) is 4.50. The van der Waals surface area contributed by atoms with E-state index in [4.69, 9.17) is 4.74 Å². The van der Waals surface area contributed by atoms with E-state index in [-0.39, 0.29) is 5.76 Å². The fourth-order valence-corrected chi connectivity index (χ4v) is 2.11. The van der Waals surface area contributed by atoms with Crippen LogP contribution in [-0.4, -0.2) is 30.9 Å². The molecule has 1 N–H and O–H groups in total. The van der Waals surface area contributed by atoms with E-state index in [1.807, 2.05) is 0 Å². The number of oxazole rings is 1. The Morgan fingerprint density at radius 3 is 3.24 bits per heavy atom. The Balaban J connectivity index is 1.54. The van der Waals surface area contributed by atoms with Gasteiger partial charge in [-0.05, 0) is 31.7 Å². The number of aryl methyl sites for hydroxylation is 1. The second kappa shape index (κ2) is 6.61. The first-order chi connectivity index (χ1) is 8.36. The smallest absolute Gasteiger partial charge is 0.416 e. The summed E-state index contributed by atoms with van der Waals surface area (Å²) in [5.41, 5.74) is 0. The van der Waals surface area contributed by atoms with E-state index in [1.54, 1.807) is 10.8 Å². The van der Waals surface area contributed by atoms with Crippen LogP contribution in [0.1, 0.15) is 19.3 Å². The standard InChI is InChI=1S/C12H20N2O3/c15-12-14(6-8-17-12)5-2-7-16-10-11-3-1-4-13-9-11/h6,8,11,13H,1-5,7,9-10H2. The lowest BCUT2D eigenvalue weighted by Crippen LogP contribution is -2.32. The molecular weight excluding hydrogens is 220 g/mol. The van der Waals surface area contributed by atoms with Crippen molar-refractivity contribution in [2.75, 3.05) is 26.3 Å². The van der Waals surface area contributed by atoms with Gasteiger partial charge >= 0.3 is 5.76 Å². The van der Waals surface area contributed by atoms with Crippen LogP contribution >= 0.6 is 0 Å². The molecule has 0 aromatic carbocycles. The molecule has 96 valence electrons. The minimum absolute atomic E-state index is 0.290. The Bertz CT molecular complexity index is 366. The predicted octanol–water partition coefficient (Wildman–Crippen LogP) is 0.848. The van der Waals surface area contributed by atoms with Crippen LogP contribution < -0.4 is 11.1 Å².